The van der Waals surface area contributed by atoms with Crippen molar-refractivity contribution in [2.24, 2.45) is 10.1 Å². The van der Waals surface area contributed by atoms with Gasteiger partial charge in [-0.1, -0.05) is 23.2 Å². The van der Waals surface area contributed by atoms with Crippen LogP contribution < -0.4 is 11.1 Å². The average molecular weight is 540 g/mol. The first-order valence-electron chi connectivity index (χ1n) is 10.3. The van der Waals surface area contributed by atoms with Crippen LogP contribution >= 0.6 is 23.2 Å². The van der Waals surface area contributed by atoms with E-state index in [9.17, 15) is 18.2 Å². The lowest BCUT2D eigenvalue weighted by Crippen LogP contribution is -2.43. The number of anilines is 2. The fourth-order valence-corrected chi connectivity index (χ4v) is 5.70. The number of carbonyl (C=O) groups is 2. The van der Waals surface area contributed by atoms with Crippen molar-refractivity contribution in [3.05, 3.63) is 63.5 Å². The van der Waals surface area contributed by atoms with Gasteiger partial charge >= 0.3 is 0 Å². The van der Waals surface area contributed by atoms with Crippen LogP contribution in [0.25, 0.3) is 5.69 Å². The van der Waals surface area contributed by atoms with Crippen molar-refractivity contribution < 1.29 is 18.2 Å². The van der Waals surface area contributed by atoms with Gasteiger partial charge in [0.1, 0.15) is 11.5 Å². The molecule has 1 aromatic heterocycles. The SMILES string of the molecule is CN=S1(=O)CCN(C(=O)c2ccc(Nc3nn(-c4c(Cl)cc(F)cc4Cl)nc3C(N)=O)cc2)CC1. The standard InChI is InChI=1S/C21H20Cl2FN7O3S/c1-26-35(34)8-6-30(7-9-35)21(33)12-2-4-14(5-3-12)27-20-17(19(25)32)28-31(29-20)18-15(22)10-13(24)11-16(18)23/h2-5,10-11H,6-9H2,1H3,(H2,25,32)(H,27,29). The van der Waals surface area contributed by atoms with Crippen LogP contribution in [0.1, 0.15) is 20.8 Å². The molecule has 2 amide bonds. The number of aromatic nitrogens is 3. The van der Waals surface area contributed by atoms with Crippen LogP contribution in [0.5, 0.6) is 0 Å². The predicted molar refractivity (Wildman–Crippen MR) is 132 cm³/mol. The van der Waals surface area contributed by atoms with E-state index in [4.69, 9.17) is 28.9 Å². The summed E-state index contributed by atoms with van der Waals surface area (Å²) in [7, 11) is -0.683. The highest BCUT2D eigenvalue weighted by Crippen LogP contribution is 2.30. The highest BCUT2D eigenvalue weighted by atomic mass is 35.5. The van der Waals surface area contributed by atoms with E-state index in [0.29, 0.717) is 35.8 Å². The molecule has 35 heavy (non-hydrogen) atoms. The summed E-state index contributed by atoms with van der Waals surface area (Å²) in [4.78, 5) is 27.4. The van der Waals surface area contributed by atoms with E-state index in [1.807, 2.05) is 0 Å². The maximum atomic E-state index is 13.5. The minimum Gasteiger partial charge on any atom is -0.364 e. The molecular formula is C21H20Cl2FN7O3S. The van der Waals surface area contributed by atoms with Crippen molar-refractivity contribution >= 4 is 56.3 Å². The van der Waals surface area contributed by atoms with Gasteiger partial charge in [-0.2, -0.15) is 0 Å². The lowest BCUT2D eigenvalue weighted by atomic mass is 10.1. The summed E-state index contributed by atoms with van der Waals surface area (Å²) in [5, 5.41) is 11.0. The van der Waals surface area contributed by atoms with Gasteiger partial charge in [-0.3, -0.25) is 9.59 Å². The van der Waals surface area contributed by atoms with Crippen LogP contribution in [-0.4, -0.2) is 67.6 Å². The number of halogens is 3. The van der Waals surface area contributed by atoms with E-state index < -0.39 is 21.5 Å². The van der Waals surface area contributed by atoms with Crippen molar-refractivity contribution in [2.45, 2.75) is 0 Å². The van der Waals surface area contributed by atoms with Gasteiger partial charge in [0.05, 0.1) is 10.0 Å². The minimum atomic E-state index is -2.22. The van der Waals surface area contributed by atoms with Crippen molar-refractivity contribution in [3.8, 4) is 5.69 Å². The molecule has 1 fully saturated rings. The third kappa shape index (κ3) is 5.24. The highest BCUT2D eigenvalue weighted by molar-refractivity contribution is 7.93. The zero-order valence-corrected chi connectivity index (χ0v) is 20.7. The maximum Gasteiger partial charge on any atom is 0.273 e. The first-order chi connectivity index (χ1) is 16.6. The van der Waals surface area contributed by atoms with Crippen LogP contribution in [-0.2, 0) is 9.73 Å². The van der Waals surface area contributed by atoms with Crippen LogP contribution in [0, 0.1) is 5.82 Å². The van der Waals surface area contributed by atoms with Gasteiger partial charge in [-0.15, -0.1) is 15.0 Å². The van der Waals surface area contributed by atoms with Gasteiger partial charge in [-0.25, -0.2) is 13.0 Å². The molecule has 0 atom stereocenters. The zero-order valence-electron chi connectivity index (χ0n) is 18.4. The van der Waals surface area contributed by atoms with Gasteiger partial charge in [0, 0.05) is 52.6 Å². The number of carbonyl (C=O) groups excluding carboxylic acids is 2. The van der Waals surface area contributed by atoms with Crippen molar-refractivity contribution in [1.82, 2.24) is 19.9 Å². The molecule has 3 N–H and O–H groups in total. The monoisotopic (exact) mass is 539 g/mol. The zero-order chi connectivity index (χ0) is 25.3. The molecule has 2 aromatic carbocycles. The van der Waals surface area contributed by atoms with Gasteiger partial charge in [-0.05, 0) is 36.4 Å². The molecule has 1 aliphatic heterocycles. The largest absolute Gasteiger partial charge is 0.364 e. The Balaban J connectivity index is 1.55. The molecule has 0 radical (unpaired) electrons. The highest BCUT2D eigenvalue weighted by Gasteiger charge is 2.25. The molecule has 1 aliphatic rings. The van der Waals surface area contributed by atoms with Crippen molar-refractivity contribution in [2.75, 3.05) is 37.0 Å². The number of nitrogens with zero attached hydrogens (tertiary/aromatic N) is 5. The molecule has 2 heterocycles. The van der Waals surface area contributed by atoms with Crippen LogP contribution in [0.3, 0.4) is 0 Å². The Morgan fingerprint density at radius 2 is 1.71 bits per heavy atom. The first kappa shape index (κ1) is 24.9. The van der Waals surface area contributed by atoms with E-state index in [2.05, 4.69) is 19.9 Å². The van der Waals surface area contributed by atoms with Gasteiger partial charge in [0.15, 0.2) is 11.5 Å². The molecule has 0 unspecified atom stereocenters. The quantitative estimate of drug-likeness (QED) is 0.511. The van der Waals surface area contributed by atoms with Gasteiger partial charge in [0.25, 0.3) is 11.8 Å². The number of benzene rings is 2. The molecule has 0 spiro atoms. The summed E-state index contributed by atoms with van der Waals surface area (Å²) < 4.78 is 29.8. The number of nitrogens with two attached hydrogens (primary N) is 1. The van der Waals surface area contributed by atoms with Crippen LogP contribution in [0.4, 0.5) is 15.9 Å². The minimum absolute atomic E-state index is 0.0159. The fourth-order valence-electron chi connectivity index (χ4n) is 3.50. The lowest BCUT2D eigenvalue weighted by molar-refractivity contribution is 0.0770. The van der Waals surface area contributed by atoms with E-state index >= 15 is 0 Å². The summed E-state index contributed by atoms with van der Waals surface area (Å²) in [5.41, 5.74) is 6.26. The number of rotatable bonds is 5. The molecule has 184 valence electrons. The summed E-state index contributed by atoms with van der Waals surface area (Å²) in [5.74, 6) is -0.969. The van der Waals surface area contributed by atoms with E-state index in [0.717, 1.165) is 16.9 Å². The Hall–Kier alpha value is -3.22. The summed E-state index contributed by atoms with van der Waals surface area (Å²) in [6.45, 7) is 0.739. The van der Waals surface area contributed by atoms with Crippen molar-refractivity contribution in [1.29, 1.82) is 0 Å². The predicted octanol–water partition coefficient (Wildman–Crippen LogP) is 3.11. The molecule has 0 bridgehead atoms. The average Bonchev–Trinajstić information content (AvgIpc) is 3.22. The summed E-state index contributed by atoms with van der Waals surface area (Å²) in [6.07, 6.45) is 0. The fraction of sp³-hybridized carbons (Fsp3) is 0.238. The Labute approximate surface area is 210 Å². The van der Waals surface area contributed by atoms with Gasteiger partial charge in [0.2, 0.25) is 0 Å². The second-order valence-corrected chi connectivity index (χ2v) is 11.2. The molecule has 0 saturated carbocycles. The Kier molecular flexibility index (Phi) is 6.97. The number of primary amides is 1. The van der Waals surface area contributed by atoms with E-state index in [1.165, 1.54) is 7.05 Å². The third-order valence-corrected chi connectivity index (χ3v) is 8.29. The second kappa shape index (κ2) is 9.80. The van der Waals surface area contributed by atoms with E-state index in [-0.39, 0.29) is 33.2 Å². The molecule has 4 rings (SSSR count). The molecular weight excluding hydrogens is 520 g/mol. The molecule has 1 saturated heterocycles. The molecule has 14 heteroatoms. The topological polar surface area (TPSA) is 136 Å². The number of amides is 2. The lowest BCUT2D eigenvalue weighted by Gasteiger charge is -2.28. The van der Waals surface area contributed by atoms with Gasteiger partial charge < -0.3 is 16.0 Å². The Morgan fingerprint density at radius 1 is 1.11 bits per heavy atom. The summed E-state index contributed by atoms with van der Waals surface area (Å²) >= 11 is 12.2. The van der Waals surface area contributed by atoms with Crippen LogP contribution in [0.15, 0.2) is 40.8 Å². The second-order valence-electron chi connectivity index (χ2n) is 7.63. The first-order valence-corrected chi connectivity index (χ1v) is 12.9. The summed E-state index contributed by atoms with van der Waals surface area (Å²) in [6, 6.07) is 8.56. The number of nitrogens with one attached hydrogen (secondary N) is 1. The third-order valence-electron chi connectivity index (χ3n) is 5.40. The maximum absolute atomic E-state index is 13.5. The number of hydrogen-bond acceptors (Lipinski definition) is 7. The smallest absolute Gasteiger partial charge is 0.273 e. The molecule has 3 aromatic rings. The normalized spacial score (nSPS) is 15.0. The molecule has 0 aliphatic carbocycles. The number of hydrogen-bond donors (Lipinski definition) is 2. The van der Waals surface area contributed by atoms with E-state index in [1.54, 1.807) is 29.2 Å². The van der Waals surface area contributed by atoms with Crippen LogP contribution in [0.2, 0.25) is 10.0 Å². The Morgan fingerprint density at radius 3 is 2.26 bits per heavy atom. The Bertz CT molecular complexity index is 1400. The molecule has 10 nitrogen and oxygen atoms in total. The van der Waals surface area contributed by atoms with Crippen molar-refractivity contribution in [3.63, 3.8) is 0 Å².